The van der Waals surface area contributed by atoms with Gasteiger partial charge in [-0.05, 0) is 25.0 Å². The fourth-order valence-corrected chi connectivity index (χ4v) is 4.52. The van der Waals surface area contributed by atoms with Crippen LogP contribution in [-0.2, 0) is 16.6 Å². The van der Waals surface area contributed by atoms with Crippen molar-refractivity contribution in [3.63, 3.8) is 0 Å². The van der Waals surface area contributed by atoms with Gasteiger partial charge in [0.05, 0.1) is 17.5 Å². The van der Waals surface area contributed by atoms with Gasteiger partial charge in [-0.3, -0.25) is 14.7 Å². The molecule has 9 nitrogen and oxygen atoms in total. The quantitative estimate of drug-likeness (QED) is 0.537. The van der Waals surface area contributed by atoms with Crippen LogP contribution in [0.4, 0.5) is 38.0 Å². The summed E-state index contributed by atoms with van der Waals surface area (Å²) in [6, 6.07) is 1.92. The van der Waals surface area contributed by atoms with E-state index in [-0.39, 0.29) is 43.3 Å². The molecule has 2 aliphatic heterocycles. The first-order valence-electron chi connectivity index (χ1n) is 10.9. The van der Waals surface area contributed by atoms with Crippen molar-refractivity contribution in [2.24, 2.45) is 0 Å². The zero-order valence-corrected chi connectivity index (χ0v) is 19.1. The van der Waals surface area contributed by atoms with Gasteiger partial charge in [0, 0.05) is 38.8 Å². The zero-order chi connectivity index (χ0) is 26.6. The lowest BCUT2D eigenvalue weighted by atomic mass is 9.81. The zero-order valence-electron chi connectivity index (χ0n) is 19.1. The molecule has 1 saturated heterocycles. The van der Waals surface area contributed by atoms with Gasteiger partial charge >= 0.3 is 12.4 Å². The Morgan fingerprint density at radius 1 is 1.17 bits per heavy atom. The summed E-state index contributed by atoms with van der Waals surface area (Å²) >= 11 is 0. The van der Waals surface area contributed by atoms with Crippen molar-refractivity contribution in [3.05, 3.63) is 34.6 Å². The maximum absolute atomic E-state index is 13.8. The first-order chi connectivity index (χ1) is 16.6. The Morgan fingerprint density at radius 2 is 1.81 bits per heavy atom. The normalized spacial score (nSPS) is 21.2. The lowest BCUT2D eigenvalue weighted by Crippen LogP contribution is -2.49. The van der Waals surface area contributed by atoms with Crippen LogP contribution < -0.4 is 10.2 Å². The summed E-state index contributed by atoms with van der Waals surface area (Å²) in [5.41, 5.74) is -5.81. The number of hydrogen-bond acceptors (Lipinski definition) is 6. The van der Waals surface area contributed by atoms with Crippen LogP contribution in [0.3, 0.4) is 0 Å². The molecule has 0 aliphatic carbocycles. The monoisotopic (exact) mass is 520 g/mol. The standard InChI is InChI=1S/C21H22F6N6O3/c1-32(2)18(35)16-11(20(22,23)24)3-4-12(28-16)33-7-5-10(6-8-33)15-14-17(31-30-15)29-13(34)9-19(14,36)21(25,26)27/h3-4,10,36H,5-9H2,1-2H3,(H2,29,30,31,34). The van der Waals surface area contributed by atoms with E-state index in [0.29, 0.717) is 0 Å². The van der Waals surface area contributed by atoms with Crippen LogP contribution in [-0.4, -0.2) is 70.4 Å². The lowest BCUT2D eigenvalue weighted by Gasteiger charge is -2.37. The number of nitrogens with one attached hydrogen (secondary N) is 2. The van der Waals surface area contributed by atoms with E-state index in [2.05, 4.69) is 20.5 Å². The fraction of sp³-hybridized carbons (Fsp3) is 0.524. The second-order valence-electron chi connectivity index (χ2n) is 8.97. The maximum atomic E-state index is 13.8. The molecule has 1 fully saturated rings. The van der Waals surface area contributed by atoms with Crippen molar-refractivity contribution >= 4 is 23.5 Å². The number of carbonyl (C=O) groups excluding carboxylic acids is 2. The Kier molecular flexibility index (Phi) is 6.17. The largest absolute Gasteiger partial charge is 0.422 e. The number of alkyl halides is 6. The highest BCUT2D eigenvalue weighted by molar-refractivity contribution is 5.95. The highest BCUT2D eigenvalue weighted by atomic mass is 19.4. The van der Waals surface area contributed by atoms with E-state index in [9.17, 15) is 41.0 Å². The highest BCUT2D eigenvalue weighted by Gasteiger charge is 2.61. The van der Waals surface area contributed by atoms with Crippen LogP contribution in [0.15, 0.2) is 12.1 Å². The summed E-state index contributed by atoms with van der Waals surface area (Å²) in [7, 11) is 2.61. The summed E-state index contributed by atoms with van der Waals surface area (Å²) in [6.07, 6.45) is -10.6. The number of aliphatic hydroxyl groups is 1. The molecule has 0 saturated carbocycles. The molecule has 4 heterocycles. The van der Waals surface area contributed by atoms with Gasteiger partial charge in [0.25, 0.3) is 5.91 Å². The summed E-state index contributed by atoms with van der Waals surface area (Å²) in [5.74, 6) is -2.72. The lowest BCUT2D eigenvalue weighted by molar-refractivity contribution is -0.267. The van der Waals surface area contributed by atoms with E-state index in [1.165, 1.54) is 14.1 Å². The number of fused-ring (bicyclic) bond motifs is 1. The first kappa shape index (κ1) is 25.7. The van der Waals surface area contributed by atoms with Gasteiger partial charge in [0.15, 0.2) is 11.4 Å². The van der Waals surface area contributed by atoms with E-state index in [1.54, 1.807) is 4.90 Å². The van der Waals surface area contributed by atoms with Crippen molar-refractivity contribution in [1.29, 1.82) is 0 Å². The second-order valence-corrected chi connectivity index (χ2v) is 8.97. The van der Waals surface area contributed by atoms with E-state index in [1.807, 2.05) is 0 Å². The molecule has 196 valence electrons. The third kappa shape index (κ3) is 4.35. The van der Waals surface area contributed by atoms with Gasteiger partial charge in [-0.1, -0.05) is 0 Å². The molecule has 2 aromatic rings. The number of aromatic amines is 1. The van der Waals surface area contributed by atoms with E-state index < -0.39 is 58.9 Å². The Hall–Kier alpha value is -3.36. The molecule has 3 N–H and O–H groups in total. The van der Waals surface area contributed by atoms with Crippen LogP contribution in [0.25, 0.3) is 0 Å². The SMILES string of the molecule is CN(C)C(=O)c1nc(N2CCC(c3[nH]nc4c3C(O)(C(F)(F)F)CC(=O)N4)CC2)ccc1C(F)(F)F. The second kappa shape index (κ2) is 8.64. The minimum atomic E-state index is -5.13. The molecule has 0 bridgehead atoms. The highest BCUT2D eigenvalue weighted by Crippen LogP contribution is 2.50. The average molecular weight is 520 g/mol. The fourth-order valence-electron chi connectivity index (χ4n) is 4.52. The molecular weight excluding hydrogens is 498 g/mol. The summed E-state index contributed by atoms with van der Waals surface area (Å²) in [6.45, 7) is 0.395. The number of piperidine rings is 1. The molecule has 36 heavy (non-hydrogen) atoms. The Bertz CT molecular complexity index is 1190. The van der Waals surface area contributed by atoms with Gasteiger partial charge in [-0.15, -0.1) is 0 Å². The number of carbonyl (C=O) groups is 2. The summed E-state index contributed by atoms with van der Waals surface area (Å²) in [4.78, 5) is 30.7. The number of nitrogens with zero attached hydrogens (tertiary/aromatic N) is 4. The molecule has 15 heteroatoms. The third-order valence-electron chi connectivity index (χ3n) is 6.37. The minimum absolute atomic E-state index is 0.0355. The number of hydrogen-bond donors (Lipinski definition) is 3. The van der Waals surface area contributed by atoms with Gasteiger partial charge in [0.2, 0.25) is 5.91 Å². The van der Waals surface area contributed by atoms with Crippen molar-refractivity contribution in [3.8, 4) is 0 Å². The van der Waals surface area contributed by atoms with Crippen LogP contribution in [0.1, 0.15) is 52.5 Å². The van der Waals surface area contributed by atoms with Crippen LogP contribution in [0.5, 0.6) is 0 Å². The smallest absolute Gasteiger partial charge is 0.376 e. The van der Waals surface area contributed by atoms with Gasteiger partial charge in [-0.25, -0.2) is 4.98 Å². The molecule has 2 aromatic heterocycles. The van der Waals surface area contributed by atoms with Crippen molar-refractivity contribution in [2.75, 3.05) is 37.4 Å². The number of H-pyrrole nitrogens is 1. The number of amides is 2. The number of aromatic nitrogens is 3. The molecule has 0 spiro atoms. The van der Waals surface area contributed by atoms with E-state index in [0.717, 1.165) is 17.0 Å². The summed E-state index contributed by atoms with van der Waals surface area (Å²) in [5, 5.41) is 19.0. The number of halogens is 6. The van der Waals surface area contributed by atoms with Crippen LogP contribution >= 0.6 is 0 Å². The first-order valence-corrected chi connectivity index (χ1v) is 10.9. The Morgan fingerprint density at radius 3 is 2.36 bits per heavy atom. The van der Waals surface area contributed by atoms with Crippen molar-refractivity contribution in [1.82, 2.24) is 20.1 Å². The van der Waals surface area contributed by atoms with Crippen molar-refractivity contribution in [2.45, 2.75) is 43.1 Å². The molecule has 2 amide bonds. The van der Waals surface area contributed by atoms with Gasteiger partial charge < -0.3 is 20.2 Å². The van der Waals surface area contributed by atoms with E-state index >= 15 is 0 Å². The molecule has 2 aliphatic rings. The Labute approximate surface area is 200 Å². The topological polar surface area (TPSA) is 114 Å². The van der Waals surface area contributed by atoms with Gasteiger partial charge in [-0.2, -0.15) is 31.4 Å². The Balaban J connectivity index is 1.59. The minimum Gasteiger partial charge on any atom is -0.376 e. The number of pyridine rings is 1. The van der Waals surface area contributed by atoms with Crippen molar-refractivity contribution < 1.29 is 41.0 Å². The average Bonchev–Trinajstić information content (AvgIpc) is 3.21. The number of rotatable bonds is 3. The van der Waals surface area contributed by atoms with E-state index in [4.69, 9.17) is 0 Å². The number of anilines is 2. The van der Waals surface area contributed by atoms with Gasteiger partial charge in [0.1, 0.15) is 11.5 Å². The molecular formula is C21H22F6N6O3. The molecule has 4 rings (SSSR count). The van der Waals surface area contributed by atoms with Crippen LogP contribution in [0, 0.1) is 0 Å². The molecule has 1 unspecified atom stereocenters. The summed E-state index contributed by atoms with van der Waals surface area (Å²) < 4.78 is 81.5. The third-order valence-corrected chi connectivity index (χ3v) is 6.37. The van der Waals surface area contributed by atoms with Crippen LogP contribution in [0.2, 0.25) is 0 Å². The molecule has 1 atom stereocenters. The molecule has 0 aromatic carbocycles. The predicted octanol–water partition coefficient (Wildman–Crippen LogP) is 3.00. The maximum Gasteiger partial charge on any atom is 0.422 e. The predicted molar refractivity (Wildman–Crippen MR) is 113 cm³/mol. The molecule has 0 radical (unpaired) electrons.